The average Bonchev–Trinajstić information content (AvgIpc) is 3.00. The van der Waals surface area contributed by atoms with Gasteiger partial charge in [-0.1, -0.05) is 25.3 Å². The monoisotopic (exact) mass is 295 g/mol. The molecule has 2 aliphatic rings. The van der Waals surface area contributed by atoms with E-state index in [1.807, 2.05) is 24.5 Å². The van der Waals surface area contributed by atoms with E-state index in [0.29, 0.717) is 6.04 Å². The van der Waals surface area contributed by atoms with Gasteiger partial charge in [-0.05, 0) is 25.0 Å². The van der Waals surface area contributed by atoms with Crippen molar-refractivity contribution in [2.45, 2.75) is 44.1 Å². The Bertz CT molecular complexity index is 651. The summed E-state index contributed by atoms with van der Waals surface area (Å²) in [5, 5.41) is 6.87. The standard InChI is InChI=1S/C17H21N5/c1-2-5-12(6-3-1)21-17-19-10-8-15(22-17)14-11-20-16-13(14)7-4-9-18-16/h4,7-10,12,14H,1-3,5-6,11H2,(H,18,20)(H,19,21,22). The van der Waals surface area contributed by atoms with Crippen LogP contribution in [0, 0.1) is 0 Å². The van der Waals surface area contributed by atoms with Crippen LogP contribution in [0.2, 0.25) is 0 Å². The lowest BCUT2D eigenvalue weighted by Crippen LogP contribution is -2.23. The maximum Gasteiger partial charge on any atom is 0.223 e. The number of rotatable bonds is 3. The number of aromatic nitrogens is 3. The molecule has 1 unspecified atom stereocenters. The summed E-state index contributed by atoms with van der Waals surface area (Å²) < 4.78 is 0. The SMILES string of the molecule is c1cnc2c(c1)C(c1ccnc(NC3CCCCC3)n1)CN2. The first-order valence-corrected chi connectivity index (χ1v) is 8.18. The van der Waals surface area contributed by atoms with Gasteiger partial charge in [-0.3, -0.25) is 0 Å². The summed E-state index contributed by atoms with van der Waals surface area (Å²) in [4.78, 5) is 13.5. The van der Waals surface area contributed by atoms with Gasteiger partial charge < -0.3 is 10.6 Å². The minimum absolute atomic E-state index is 0.263. The zero-order chi connectivity index (χ0) is 14.8. The lowest BCUT2D eigenvalue weighted by atomic mass is 9.96. The molecular formula is C17H21N5. The van der Waals surface area contributed by atoms with E-state index >= 15 is 0 Å². The van der Waals surface area contributed by atoms with Crippen LogP contribution in [0.5, 0.6) is 0 Å². The van der Waals surface area contributed by atoms with Gasteiger partial charge in [0.25, 0.3) is 0 Å². The van der Waals surface area contributed by atoms with Crippen molar-refractivity contribution in [3.63, 3.8) is 0 Å². The highest BCUT2D eigenvalue weighted by atomic mass is 15.1. The van der Waals surface area contributed by atoms with Crippen LogP contribution in [0.15, 0.2) is 30.6 Å². The topological polar surface area (TPSA) is 62.7 Å². The fraction of sp³-hybridized carbons (Fsp3) is 0.471. The predicted octanol–water partition coefficient (Wildman–Crippen LogP) is 3.17. The normalized spacial score (nSPS) is 21.2. The molecule has 114 valence electrons. The lowest BCUT2D eigenvalue weighted by Gasteiger charge is -2.23. The Morgan fingerprint density at radius 1 is 1.05 bits per heavy atom. The Morgan fingerprint density at radius 3 is 2.86 bits per heavy atom. The van der Waals surface area contributed by atoms with Crippen molar-refractivity contribution < 1.29 is 0 Å². The van der Waals surface area contributed by atoms with Crippen LogP contribution < -0.4 is 10.6 Å². The van der Waals surface area contributed by atoms with Crippen LogP contribution in [0.3, 0.4) is 0 Å². The van der Waals surface area contributed by atoms with Crippen LogP contribution in [-0.2, 0) is 0 Å². The van der Waals surface area contributed by atoms with Crippen LogP contribution in [0.4, 0.5) is 11.8 Å². The first kappa shape index (κ1) is 13.5. The van der Waals surface area contributed by atoms with Crippen molar-refractivity contribution in [2.75, 3.05) is 17.2 Å². The largest absolute Gasteiger partial charge is 0.369 e. The van der Waals surface area contributed by atoms with Gasteiger partial charge in [-0.15, -0.1) is 0 Å². The molecule has 5 heteroatoms. The number of anilines is 2. The number of hydrogen-bond donors (Lipinski definition) is 2. The summed E-state index contributed by atoms with van der Waals surface area (Å²) in [5.41, 5.74) is 2.29. The van der Waals surface area contributed by atoms with Crippen molar-refractivity contribution in [3.05, 3.63) is 41.9 Å². The zero-order valence-electron chi connectivity index (χ0n) is 12.6. The Kier molecular flexibility index (Phi) is 3.62. The quantitative estimate of drug-likeness (QED) is 0.910. The second kappa shape index (κ2) is 5.91. The van der Waals surface area contributed by atoms with Gasteiger partial charge in [0, 0.05) is 36.5 Å². The fourth-order valence-electron chi connectivity index (χ4n) is 3.48. The molecular weight excluding hydrogens is 274 g/mol. The summed E-state index contributed by atoms with van der Waals surface area (Å²) in [5.74, 6) is 2.01. The van der Waals surface area contributed by atoms with Crippen LogP contribution in [0.1, 0.15) is 49.3 Å². The van der Waals surface area contributed by atoms with Crippen LogP contribution in [-0.4, -0.2) is 27.5 Å². The molecule has 1 aliphatic carbocycles. The molecule has 4 rings (SSSR count). The van der Waals surface area contributed by atoms with E-state index in [4.69, 9.17) is 4.98 Å². The Balaban J connectivity index is 1.55. The molecule has 0 radical (unpaired) electrons. The molecule has 22 heavy (non-hydrogen) atoms. The van der Waals surface area contributed by atoms with Crippen molar-refractivity contribution in [3.8, 4) is 0 Å². The fourth-order valence-corrected chi connectivity index (χ4v) is 3.48. The van der Waals surface area contributed by atoms with Crippen LogP contribution >= 0.6 is 0 Å². The first-order valence-electron chi connectivity index (χ1n) is 8.18. The maximum absolute atomic E-state index is 4.76. The van der Waals surface area contributed by atoms with E-state index in [1.165, 1.54) is 37.7 Å². The molecule has 1 aliphatic heterocycles. The third kappa shape index (κ3) is 2.63. The Hall–Kier alpha value is -2.17. The second-order valence-corrected chi connectivity index (χ2v) is 6.16. The van der Waals surface area contributed by atoms with E-state index in [9.17, 15) is 0 Å². The molecule has 3 heterocycles. The molecule has 2 N–H and O–H groups in total. The summed E-state index contributed by atoms with van der Waals surface area (Å²) in [7, 11) is 0. The molecule has 2 aromatic heterocycles. The molecule has 1 fully saturated rings. The first-order chi connectivity index (χ1) is 10.9. The van der Waals surface area contributed by atoms with Crippen molar-refractivity contribution >= 4 is 11.8 Å². The summed E-state index contributed by atoms with van der Waals surface area (Å²) in [6, 6.07) is 6.66. The van der Waals surface area contributed by atoms with E-state index < -0.39 is 0 Å². The molecule has 0 amide bonds. The average molecular weight is 295 g/mol. The van der Waals surface area contributed by atoms with E-state index in [2.05, 4.69) is 26.7 Å². The molecule has 1 atom stereocenters. The zero-order valence-corrected chi connectivity index (χ0v) is 12.6. The maximum atomic E-state index is 4.76. The van der Waals surface area contributed by atoms with Gasteiger partial charge in [-0.2, -0.15) is 0 Å². The molecule has 1 saturated carbocycles. The molecule has 2 aromatic rings. The van der Waals surface area contributed by atoms with Gasteiger partial charge in [0.1, 0.15) is 5.82 Å². The summed E-state index contributed by atoms with van der Waals surface area (Å²) in [6.07, 6.45) is 10.1. The van der Waals surface area contributed by atoms with E-state index in [-0.39, 0.29) is 5.92 Å². The minimum atomic E-state index is 0.263. The van der Waals surface area contributed by atoms with Crippen molar-refractivity contribution in [1.29, 1.82) is 0 Å². The minimum Gasteiger partial charge on any atom is -0.369 e. The molecule has 0 bridgehead atoms. The number of pyridine rings is 1. The molecule has 5 nitrogen and oxygen atoms in total. The van der Waals surface area contributed by atoms with Crippen LogP contribution in [0.25, 0.3) is 0 Å². The third-order valence-electron chi connectivity index (χ3n) is 4.66. The number of nitrogens with one attached hydrogen (secondary N) is 2. The highest BCUT2D eigenvalue weighted by Crippen LogP contribution is 2.33. The van der Waals surface area contributed by atoms with Gasteiger partial charge >= 0.3 is 0 Å². The predicted molar refractivity (Wildman–Crippen MR) is 87.1 cm³/mol. The highest BCUT2D eigenvalue weighted by Gasteiger charge is 2.26. The number of fused-ring (bicyclic) bond motifs is 1. The molecule has 0 aromatic carbocycles. The Labute approximate surface area is 130 Å². The third-order valence-corrected chi connectivity index (χ3v) is 4.66. The Morgan fingerprint density at radius 2 is 1.95 bits per heavy atom. The van der Waals surface area contributed by atoms with Crippen molar-refractivity contribution in [1.82, 2.24) is 15.0 Å². The van der Waals surface area contributed by atoms with Gasteiger partial charge in [0.2, 0.25) is 5.95 Å². The highest BCUT2D eigenvalue weighted by molar-refractivity contribution is 5.54. The van der Waals surface area contributed by atoms with Gasteiger partial charge in [0.05, 0.1) is 5.69 Å². The lowest BCUT2D eigenvalue weighted by molar-refractivity contribution is 0.460. The summed E-state index contributed by atoms with van der Waals surface area (Å²) >= 11 is 0. The van der Waals surface area contributed by atoms with Crippen molar-refractivity contribution in [2.24, 2.45) is 0 Å². The van der Waals surface area contributed by atoms with E-state index in [0.717, 1.165) is 24.0 Å². The van der Waals surface area contributed by atoms with E-state index in [1.54, 1.807) is 0 Å². The van der Waals surface area contributed by atoms with Gasteiger partial charge in [-0.25, -0.2) is 15.0 Å². The number of hydrogen-bond acceptors (Lipinski definition) is 5. The number of nitrogens with zero attached hydrogens (tertiary/aromatic N) is 3. The second-order valence-electron chi connectivity index (χ2n) is 6.16. The molecule has 0 saturated heterocycles. The molecule has 0 spiro atoms. The smallest absolute Gasteiger partial charge is 0.223 e. The summed E-state index contributed by atoms with van der Waals surface area (Å²) in [6.45, 7) is 0.853. The van der Waals surface area contributed by atoms with Gasteiger partial charge in [0.15, 0.2) is 0 Å².